The smallest absolute Gasteiger partial charge is 0.261 e. The fourth-order valence-corrected chi connectivity index (χ4v) is 3.41. The van der Waals surface area contributed by atoms with E-state index in [2.05, 4.69) is 17.6 Å². The van der Waals surface area contributed by atoms with E-state index in [1.807, 2.05) is 66.7 Å². The van der Waals surface area contributed by atoms with Crippen LogP contribution in [0.15, 0.2) is 78.9 Å². The summed E-state index contributed by atoms with van der Waals surface area (Å²) in [5.41, 5.74) is 2.32. The van der Waals surface area contributed by atoms with E-state index in [1.54, 1.807) is 12.1 Å². The Bertz CT molecular complexity index is 1020. The Morgan fingerprint density at radius 3 is 2.33 bits per heavy atom. The Balaban J connectivity index is 1.48. The van der Waals surface area contributed by atoms with Crippen LogP contribution in [0.25, 0.3) is 0 Å². The molecule has 0 bridgehead atoms. The van der Waals surface area contributed by atoms with Gasteiger partial charge < -0.3 is 14.8 Å². The van der Waals surface area contributed by atoms with E-state index in [1.165, 1.54) is 12.8 Å². The van der Waals surface area contributed by atoms with Crippen LogP contribution in [0.1, 0.15) is 48.5 Å². The second-order valence-corrected chi connectivity index (χ2v) is 8.02. The number of hydrogen-bond donors (Lipinski definition) is 2. The van der Waals surface area contributed by atoms with Crippen molar-refractivity contribution in [2.24, 2.45) is 0 Å². The molecule has 0 spiro atoms. The van der Waals surface area contributed by atoms with Gasteiger partial charge in [-0.2, -0.15) is 0 Å². The third kappa shape index (κ3) is 8.24. The summed E-state index contributed by atoms with van der Waals surface area (Å²) in [5.74, 6) is 1.01. The second kappa shape index (κ2) is 13.2. The van der Waals surface area contributed by atoms with Crippen LogP contribution in [-0.2, 0) is 6.61 Å². The Labute approximate surface area is 201 Å². The molecule has 1 amide bonds. The molecule has 3 rings (SSSR count). The average molecular weight is 463 g/mol. The van der Waals surface area contributed by atoms with Crippen molar-refractivity contribution in [3.8, 4) is 11.5 Å². The molecule has 3 aromatic carbocycles. The van der Waals surface area contributed by atoms with Crippen molar-refractivity contribution in [1.29, 1.82) is 0 Å². The molecule has 0 aliphatic heterocycles. The first-order chi connectivity index (χ1) is 16.2. The normalized spacial score (nSPS) is 10.3. The highest BCUT2D eigenvalue weighted by Crippen LogP contribution is 2.19. The molecule has 0 aromatic heterocycles. The van der Waals surface area contributed by atoms with Gasteiger partial charge in [0, 0.05) is 5.69 Å². The molecule has 0 unspecified atom stereocenters. The molecule has 33 heavy (non-hydrogen) atoms. The molecule has 3 aromatic rings. The lowest BCUT2D eigenvalue weighted by Gasteiger charge is -2.13. The number of benzene rings is 3. The largest absolute Gasteiger partial charge is 0.493 e. The lowest BCUT2D eigenvalue weighted by atomic mass is 10.2. The first-order valence-corrected chi connectivity index (χ1v) is 11.7. The van der Waals surface area contributed by atoms with E-state index in [0.717, 1.165) is 29.8 Å². The maximum absolute atomic E-state index is 12.7. The minimum absolute atomic E-state index is 0.218. The lowest BCUT2D eigenvalue weighted by molar-refractivity contribution is 0.0973. The van der Waals surface area contributed by atoms with E-state index in [0.29, 0.717) is 24.5 Å². The highest BCUT2D eigenvalue weighted by molar-refractivity contribution is 7.80. The summed E-state index contributed by atoms with van der Waals surface area (Å²) in [7, 11) is 0. The number of carbonyl (C=O) groups excluding carboxylic acids is 1. The predicted molar refractivity (Wildman–Crippen MR) is 137 cm³/mol. The fourth-order valence-electron chi connectivity index (χ4n) is 3.20. The highest BCUT2D eigenvalue weighted by Gasteiger charge is 2.13. The van der Waals surface area contributed by atoms with Crippen LogP contribution in [-0.4, -0.2) is 17.6 Å². The van der Waals surface area contributed by atoms with Crippen LogP contribution < -0.4 is 20.1 Å². The number of carbonyl (C=O) groups is 1. The summed E-state index contributed by atoms with van der Waals surface area (Å²) < 4.78 is 11.6. The fraction of sp³-hybridized carbons (Fsp3) is 0.259. The quantitative estimate of drug-likeness (QED) is 0.257. The Morgan fingerprint density at radius 1 is 0.848 bits per heavy atom. The third-order valence-corrected chi connectivity index (χ3v) is 5.18. The molecule has 0 fully saturated rings. The van der Waals surface area contributed by atoms with Crippen LogP contribution >= 0.6 is 12.2 Å². The topological polar surface area (TPSA) is 59.6 Å². The van der Waals surface area contributed by atoms with Gasteiger partial charge in [0.1, 0.15) is 18.1 Å². The maximum atomic E-state index is 12.7. The zero-order chi connectivity index (χ0) is 23.3. The van der Waals surface area contributed by atoms with E-state index in [9.17, 15) is 4.79 Å². The van der Waals surface area contributed by atoms with Crippen molar-refractivity contribution in [2.45, 2.75) is 39.2 Å². The molecule has 0 radical (unpaired) electrons. The Morgan fingerprint density at radius 2 is 1.58 bits per heavy atom. The van der Waals surface area contributed by atoms with Crippen molar-refractivity contribution in [2.75, 3.05) is 11.9 Å². The summed E-state index contributed by atoms with van der Waals surface area (Å²) in [6.45, 7) is 3.26. The number of nitrogens with one attached hydrogen (secondary N) is 2. The number of ether oxygens (including phenoxy) is 2. The molecule has 0 aliphatic rings. The summed E-state index contributed by atoms with van der Waals surface area (Å²) in [6.07, 6.45) is 4.45. The molecule has 172 valence electrons. The average Bonchev–Trinajstić information content (AvgIpc) is 2.84. The molecule has 2 N–H and O–H groups in total. The van der Waals surface area contributed by atoms with Gasteiger partial charge in [0.2, 0.25) is 0 Å². The summed E-state index contributed by atoms with van der Waals surface area (Å²) in [6, 6.07) is 24.6. The molecule has 0 aliphatic carbocycles. The molecular weight excluding hydrogens is 432 g/mol. The predicted octanol–water partition coefficient (Wildman–Crippen LogP) is 6.35. The van der Waals surface area contributed by atoms with Gasteiger partial charge in [0.15, 0.2) is 5.11 Å². The van der Waals surface area contributed by atoms with Gasteiger partial charge in [0.25, 0.3) is 5.91 Å². The zero-order valence-corrected chi connectivity index (χ0v) is 19.7. The van der Waals surface area contributed by atoms with Crippen LogP contribution in [0.3, 0.4) is 0 Å². The molecule has 6 heteroatoms. The maximum Gasteiger partial charge on any atom is 0.261 e. The van der Waals surface area contributed by atoms with Crippen molar-refractivity contribution in [1.82, 2.24) is 5.32 Å². The van der Waals surface area contributed by atoms with Crippen LogP contribution in [0.2, 0.25) is 0 Å². The van der Waals surface area contributed by atoms with Gasteiger partial charge in [-0.15, -0.1) is 0 Å². The molecular formula is C27H30N2O3S. The molecule has 0 atom stereocenters. The number of unbranched alkanes of at least 4 members (excludes halogenated alkanes) is 3. The van der Waals surface area contributed by atoms with Gasteiger partial charge in [-0.25, -0.2) is 0 Å². The molecule has 5 nitrogen and oxygen atoms in total. The highest BCUT2D eigenvalue weighted by atomic mass is 32.1. The molecule has 0 saturated heterocycles. The number of hydrogen-bond acceptors (Lipinski definition) is 4. The van der Waals surface area contributed by atoms with Crippen molar-refractivity contribution >= 4 is 28.9 Å². The van der Waals surface area contributed by atoms with Gasteiger partial charge in [-0.3, -0.25) is 10.1 Å². The van der Waals surface area contributed by atoms with E-state index >= 15 is 0 Å². The van der Waals surface area contributed by atoms with Gasteiger partial charge in [0.05, 0.1) is 12.2 Å². The zero-order valence-electron chi connectivity index (χ0n) is 18.9. The monoisotopic (exact) mass is 462 g/mol. The first kappa shape index (κ1) is 24.3. The molecule has 0 saturated carbocycles. The summed E-state index contributed by atoms with van der Waals surface area (Å²) >= 11 is 5.32. The third-order valence-electron chi connectivity index (χ3n) is 4.97. The van der Waals surface area contributed by atoms with Gasteiger partial charge in [-0.1, -0.05) is 68.7 Å². The first-order valence-electron chi connectivity index (χ1n) is 11.3. The summed E-state index contributed by atoms with van der Waals surface area (Å²) in [5, 5.41) is 5.98. The number of amides is 1. The van der Waals surface area contributed by atoms with Crippen molar-refractivity contribution < 1.29 is 14.3 Å². The van der Waals surface area contributed by atoms with Gasteiger partial charge in [-0.05, 0) is 60.6 Å². The lowest BCUT2D eigenvalue weighted by Crippen LogP contribution is -2.34. The van der Waals surface area contributed by atoms with E-state index in [-0.39, 0.29) is 11.0 Å². The van der Waals surface area contributed by atoms with Crippen LogP contribution in [0, 0.1) is 0 Å². The number of para-hydroxylation sites is 1. The Kier molecular flexibility index (Phi) is 9.73. The number of thiocarbonyl (C=S) groups is 1. The van der Waals surface area contributed by atoms with Gasteiger partial charge >= 0.3 is 0 Å². The second-order valence-electron chi connectivity index (χ2n) is 7.61. The number of rotatable bonds is 11. The van der Waals surface area contributed by atoms with Crippen LogP contribution in [0.4, 0.5) is 5.69 Å². The summed E-state index contributed by atoms with van der Waals surface area (Å²) in [4.78, 5) is 12.7. The van der Waals surface area contributed by atoms with Crippen LogP contribution in [0.5, 0.6) is 11.5 Å². The van der Waals surface area contributed by atoms with Crippen molar-refractivity contribution in [3.05, 3.63) is 90.0 Å². The van der Waals surface area contributed by atoms with E-state index < -0.39 is 0 Å². The minimum Gasteiger partial charge on any atom is -0.493 e. The standard InChI is InChI=1S/C27H30N2O3S/c1-2-3-4-10-19-31-25-14-9-8-13-24(25)26(30)29-27(33)28-22-15-17-23(18-16-22)32-20-21-11-6-5-7-12-21/h5-9,11-18H,2-4,10,19-20H2,1H3,(H2,28,29,30,33). The Hall–Kier alpha value is -3.38. The van der Waals surface area contributed by atoms with E-state index in [4.69, 9.17) is 21.7 Å². The minimum atomic E-state index is -0.306. The molecule has 0 heterocycles. The number of anilines is 1. The van der Waals surface area contributed by atoms with Crippen molar-refractivity contribution in [3.63, 3.8) is 0 Å². The SMILES string of the molecule is CCCCCCOc1ccccc1C(=O)NC(=S)Nc1ccc(OCc2ccccc2)cc1.